The van der Waals surface area contributed by atoms with Crippen LogP contribution in [0.25, 0.3) is 6.08 Å². The number of carbonyl (C=O) groups excluding carboxylic acids is 1. The van der Waals surface area contributed by atoms with Gasteiger partial charge in [0.15, 0.2) is 6.61 Å². The van der Waals surface area contributed by atoms with Gasteiger partial charge in [-0.2, -0.15) is 5.10 Å². The SMILES string of the molecule is O=C(COc1c(Br)cc(Br)cc1Br)N/N=C/C=C/c1cccc([N+](=O)[O-])c1. The molecule has 0 fully saturated rings. The molecule has 0 aliphatic rings. The molecule has 27 heavy (non-hydrogen) atoms. The molecule has 0 unspecified atom stereocenters. The number of carbonyl (C=O) groups is 1. The first-order chi connectivity index (χ1) is 12.9. The smallest absolute Gasteiger partial charge is 0.277 e. The van der Waals surface area contributed by atoms with E-state index in [1.165, 1.54) is 18.3 Å². The van der Waals surface area contributed by atoms with E-state index in [0.29, 0.717) is 20.3 Å². The number of nitro benzene ring substituents is 1. The standard InChI is InChI=1S/C17H12Br3N3O4/c18-12-8-14(19)17(15(20)9-12)27-10-16(24)22-21-6-2-4-11-3-1-5-13(7-11)23(25)26/h1-9H,10H2,(H,22,24)/b4-2+,21-6+. The van der Waals surface area contributed by atoms with Crippen molar-refractivity contribution < 1.29 is 14.5 Å². The van der Waals surface area contributed by atoms with Crippen molar-refractivity contribution in [3.63, 3.8) is 0 Å². The molecule has 10 heteroatoms. The van der Waals surface area contributed by atoms with Crippen molar-refractivity contribution in [2.75, 3.05) is 6.61 Å². The van der Waals surface area contributed by atoms with Crippen LogP contribution in [0.2, 0.25) is 0 Å². The summed E-state index contributed by atoms with van der Waals surface area (Å²) in [4.78, 5) is 22.0. The fourth-order valence-corrected chi connectivity index (χ4v) is 4.37. The van der Waals surface area contributed by atoms with Gasteiger partial charge in [-0.3, -0.25) is 14.9 Å². The van der Waals surface area contributed by atoms with Crippen molar-refractivity contribution >= 4 is 71.7 Å². The van der Waals surface area contributed by atoms with Crippen molar-refractivity contribution in [2.45, 2.75) is 0 Å². The van der Waals surface area contributed by atoms with Crippen LogP contribution in [-0.2, 0) is 4.79 Å². The Morgan fingerprint density at radius 3 is 2.59 bits per heavy atom. The number of benzene rings is 2. The third-order valence-corrected chi connectivity index (χ3v) is 4.67. The third kappa shape index (κ3) is 6.89. The summed E-state index contributed by atoms with van der Waals surface area (Å²) in [5.74, 6) is 0.0691. The highest BCUT2D eigenvalue weighted by molar-refractivity contribution is 9.11. The average molecular weight is 562 g/mol. The molecule has 2 aromatic rings. The molecule has 0 bridgehead atoms. The van der Waals surface area contributed by atoms with Crippen LogP contribution in [0, 0.1) is 10.1 Å². The summed E-state index contributed by atoms with van der Waals surface area (Å²) in [5, 5.41) is 14.5. The van der Waals surface area contributed by atoms with E-state index in [-0.39, 0.29) is 12.3 Å². The van der Waals surface area contributed by atoms with Crippen LogP contribution in [0.4, 0.5) is 5.69 Å². The molecule has 0 heterocycles. The van der Waals surface area contributed by atoms with Gasteiger partial charge < -0.3 is 4.74 Å². The first-order valence-electron chi connectivity index (χ1n) is 7.37. The molecule has 0 aliphatic heterocycles. The molecule has 0 saturated carbocycles. The molecule has 7 nitrogen and oxygen atoms in total. The molecule has 0 aliphatic carbocycles. The lowest BCUT2D eigenvalue weighted by atomic mass is 10.2. The van der Waals surface area contributed by atoms with Gasteiger partial charge in [-0.15, -0.1) is 0 Å². The number of nitrogens with zero attached hydrogens (tertiary/aromatic N) is 2. The van der Waals surface area contributed by atoms with Gasteiger partial charge in [-0.05, 0) is 55.6 Å². The molecular weight excluding hydrogens is 550 g/mol. The zero-order chi connectivity index (χ0) is 19.8. The average Bonchev–Trinajstić information content (AvgIpc) is 2.60. The van der Waals surface area contributed by atoms with E-state index in [9.17, 15) is 14.9 Å². The number of allylic oxidation sites excluding steroid dienone is 1. The summed E-state index contributed by atoms with van der Waals surface area (Å²) in [6, 6.07) is 9.76. The van der Waals surface area contributed by atoms with E-state index in [1.807, 2.05) is 0 Å². The zero-order valence-electron chi connectivity index (χ0n) is 13.6. The molecule has 0 aromatic heterocycles. The van der Waals surface area contributed by atoms with E-state index in [2.05, 4.69) is 58.3 Å². The number of halogens is 3. The Hall–Kier alpha value is -2.04. The lowest BCUT2D eigenvalue weighted by Crippen LogP contribution is -2.24. The lowest BCUT2D eigenvalue weighted by Gasteiger charge is -2.09. The van der Waals surface area contributed by atoms with Gasteiger partial charge >= 0.3 is 0 Å². The number of amides is 1. The summed E-state index contributed by atoms with van der Waals surface area (Å²) in [6.45, 7) is -0.217. The molecule has 0 spiro atoms. The van der Waals surface area contributed by atoms with Gasteiger partial charge in [-0.25, -0.2) is 5.43 Å². The highest BCUT2D eigenvalue weighted by Crippen LogP contribution is 2.36. The fourth-order valence-electron chi connectivity index (χ4n) is 1.89. The van der Waals surface area contributed by atoms with Crippen molar-refractivity contribution in [3.8, 4) is 5.75 Å². The molecule has 0 saturated heterocycles. The Bertz CT molecular complexity index is 893. The molecule has 0 radical (unpaired) electrons. The van der Waals surface area contributed by atoms with Crippen molar-refractivity contribution in [1.82, 2.24) is 5.43 Å². The normalized spacial score (nSPS) is 11.1. The number of hydrogen-bond donors (Lipinski definition) is 1. The first kappa shape index (κ1) is 21.3. The van der Waals surface area contributed by atoms with Crippen LogP contribution in [0.3, 0.4) is 0 Å². The monoisotopic (exact) mass is 559 g/mol. The van der Waals surface area contributed by atoms with Gasteiger partial charge in [0.1, 0.15) is 5.75 Å². The van der Waals surface area contributed by atoms with Crippen LogP contribution in [0.5, 0.6) is 5.75 Å². The van der Waals surface area contributed by atoms with Gasteiger partial charge in [0, 0.05) is 22.8 Å². The van der Waals surface area contributed by atoms with E-state index < -0.39 is 10.8 Å². The number of nitro groups is 1. The van der Waals surface area contributed by atoms with Gasteiger partial charge in [0.25, 0.3) is 11.6 Å². The van der Waals surface area contributed by atoms with Crippen LogP contribution >= 0.6 is 47.8 Å². The predicted molar refractivity (Wildman–Crippen MR) is 114 cm³/mol. The Morgan fingerprint density at radius 1 is 1.22 bits per heavy atom. The largest absolute Gasteiger partial charge is 0.481 e. The van der Waals surface area contributed by atoms with Crippen LogP contribution in [0.15, 0.2) is 61.0 Å². The quantitative estimate of drug-likeness (QED) is 0.290. The Balaban J connectivity index is 1.83. The minimum Gasteiger partial charge on any atom is -0.481 e. The second-order valence-electron chi connectivity index (χ2n) is 5.01. The predicted octanol–water partition coefficient (Wildman–Crippen LogP) is 5.08. The molecule has 1 N–H and O–H groups in total. The van der Waals surface area contributed by atoms with E-state index in [1.54, 1.807) is 36.4 Å². The summed E-state index contributed by atoms with van der Waals surface area (Å²) >= 11 is 10.1. The molecule has 140 valence electrons. The topological polar surface area (TPSA) is 93.8 Å². The third-order valence-electron chi connectivity index (χ3n) is 3.03. The van der Waals surface area contributed by atoms with E-state index in [4.69, 9.17) is 4.74 Å². The minimum absolute atomic E-state index is 0.00445. The minimum atomic E-state index is -0.464. The zero-order valence-corrected chi connectivity index (χ0v) is 18.3. The summed E-state index contributed by atoms with van der Waals surface area (Å²) in [6.07, 6.45) is 4.56. The van der Waals surface area contributed by atoms with Crippen LogP contribution in [0.1, 0.15) is 5.56 Å². The van der Waals surface area contributed by atoms with Crippen molar-refractivity contribution in [3.05, 3.63) is 71.6 Å². The van der Waals surface area contributed by atoms with Crippen LogP contribution < -0.4 is 10.2 Å². The Morgan fingerprint density at radius 2 is 1.93 bits per heavy atom. The number of hydrogen-bond acceptors (Lipinski definition) is 5. The van der Waals surface area contributed by atoms with Crippen LogP contribution in [-0.4, -0.2) is 23.7 Å². The Labute approximate surface area is 180 Å². The fraction of sp³-hybridized carbons (Fsp3) is 0.0588. The second kappa shape index (κ2) is 10.3. The second-order valence-corrected chi connectivity index (χ2v) is 7.64. The van der Waals surface area contributed by atoms with Gasteiger partial charge in [0.05, 0.1) is 13.9 Å². The summed E-state index contributed by atoms with van der Waals surface area (Å²) < 4.78 is 7.71. The molecule has 1 amide bonds. The number of hydrazone groups is 1. The molecule has 0 atom stereocenters. The summed E-state index contributed by atoms with van der Waals surface area (Å²) in [7, 11) is 0. The number of rotatable bonds is 7. The van der Waals surface area contributed by atoms with Gasteiger partial charge in [0.2, 0.25) is 0 Å². The van der Waals surface area contributed by atoms with E-state index >= 15 is 0 Å². The summed E-state index contributed by atoms with van der Waals surface area (Å²) in [5.41, 5.74) is 2.98. The van der Waals surface area contributed by atoms with Crippen molar-refractivity contribution in [1.29, 1.82) is 0 Å². The van der Waals surface area contributed by atoms with Gasteiger partial charge in [-0.1, -0.05) is 34.1 Å². The lowest BCUT2D eigenvalue weighted by molar-refractivity contribution is -0.384. The highest BCUT2D eigenvalue weighted by Gasteiger charge is 2.10. The maximum absolute atomic E-state index is 11.8. The maximum atomic E-state index is 11.8. The number of non-ortho nitro benzene ring substituents is 1. The molecule has 2 aromatic carbocycles. The number of ether oxygens (including phenoxy) is 1. The van der Waals surface area contributed by atoms with Crippen molar-refractivity contribution in [2.24, 2.45) is 5.10 Å². The van der Waals surface area contributed by atoms with E-state index in [0.717, 1.165) is 4.47 Å². The Kier molecular flexibility index (Phi) is 8.14. The molecule has 2 rings (SSSR count). The highest BCUT2D eigenvalue weighted by atomic mass is 79.9. The maximum Gasteiger partial charge on any atom is 0.277 e. The number of nitrogens with one attached hydrogen (secondary N) is 1. The first-order valence-corrected chi connectivity index (χ1v) is 9.75. The molecular formula is C17H12Br3N3O4.